The van der Waals surface area contributed by atoms with E-state index in [1.165, 1.54) is 5.56 Å². The van der Waals surface area contributed by atoms with E-state index in [1.807, 2.05) is 60.7 Å². The van der Waals surface area contributed by atoms with Crippen LogP contribution in [0.2, 0.25) is 0 Å². The van der Waals surface area contributed by atoms with Crippen LogP contribution in [0, 0.1) is 10.5 Å². The van der Waals surface area contributed by atoms with Crippen LogP contribution in [-0.4, -0.2) is 5.91 Å². The fourth-order valence-electron chi connectivity index (χ4n) is 2.32. The van der Waals surface area contributed by atoms with Gasteiger partial charge in [0.1, 0.15) is 0 Å². The van der Waals surface area contributed by atoms with E-state index in [0.29, 0.717) is 5.56 Å². The van der Waals surface area contributed by atoms with Gasteiger partial charge in [0.25, 0.3) is 5.91 Å². The van der Waals surface area contributed by atoms with Gasteiger partial charge in [-0.15, -0.1) is 0 Å². The molecule has 0 saturated heterocycles. The molecule has 2 nitrogen and oxygen atoms in total. The summed E-state index contributed by atoms with van der Waals surface area (Å²) < 4.78 is 1.14. The number of hydrogen-bond donors (Lipinski definition) is 1. The summed E-state index contributed by atoms with van der Waals surface area (Å²) in [4.78, 5) is 12.3. The number of nitrogens with one attached hydrogen (secondary N) is 1. The Labute approximate surface area is 149 Å². The van der Waals surface area contributed by atoms with Crippen LogP contribution < -0.4 is 5.32 Å². The molecule has 0 aromatic heterocycles. The highest BCUT2D eigenvalue weighted by molar-refractivity contribution is 14.1. The zero-order valence-electron chi connectivity index (χ0n) is 12.7. The molecule has 3 heteroatoms. The average molecular weight is 413 g/mol. The average Bonchev–Trinajstić information content (AvgIpc) is 2.59. The van der Waals surface area contributed by atoms with Crippen molar-refractivity contribution in [1.29, 1.82) is 0 Å². The molecule has 1 N–H and O–H groups in total. The Bertz CT molecular complexity index is 826. The lowest BCUT2D eigenvalue weighted by Crippen LogP contribution is -2.11. The Morgan fingerprint density at radius 1 is 0.870 bits per heavy atom. The van der Waals surface area contributed by atoms with Crippen molar-refractivity contribution in [3.63, 3.8) is 0 Å². The fraction of sp³-hybridized carbons (Fsp3) is 0.0500. The zero-order chi connectivity index (χ0) is 16.2. The van der Waals surface area contributed by atoms with Crippen molar-refractivity contribution < 1.29 is 4.79 Å². The highest BCUT2D eigenvalue weighted by atomic mass is 127. The molecule has 3 aromatic rings. The minimum absolute atomic E-state index is 0.0933. The summed E-state index contributed by atoms with van der Waals surface area (Å²) in [5, 5.41) is 2.94. The lowest BCUT2D eigenvalue weighted by molar-refractivity contribution is 0.102. The van der Waals surface area contributed by atoms with Gasteiger partial charge in [-0.2, -0.15) is 0 Å². The normalized spacial score (nSPS) is 10.3. The number of carbonyl (C=O) groups is 1. The van der Waals surface area contributed by atoms with Crippen LogP contribution in [0.1, 0.15) is 15.9 Å². The lowest BCUT2D eigenvalue weighted by Gasteiger charge is -2.08. The van der Waals surface area contributed by atoms with Crippen LogP contribution in [-0.2, 0) is 0 Å². The number of anilines is 1. The summed E-state index contributed by atoms with van der Waals surface area (Å²) in [6.45, 7) is 2.05. The van der Waals surface area contributed by atoms with Gasteiger partial charge in [0.05, 0.1) is 0 Å². The van der Waals surface area contributed by atoms with Crippen molar-refractivity contribution in [2.75, 3.05) is 5.32 Å². The molecule has 3 rings (SSSR count). The summed E-state index contributed by atoms with van der Waals surface area (Å²) in [5.41, 5.74) is 4.92. The third kappa shape index (κ3) is 3.79. The van der Waals surface area contributed by atoms with Gasteiger partial charge in [0, 0.05) is 14.8 Å². The van der Waals surface area contributed by atoms with Crippen molar-refractivity contribution >= 4 is 34.2 Å². The number of rotatable bonds is 3. The number of hydrogen-bond acceptors (Lipinski definition) is 1. The van der Waals surface area contributed by atoms with Gasteiger partial charge in [-0.1, -0.05) is 48.5 Å². The van der Waals surface area contributed by atoms with Crippen molar-refractivity contribution in [3.05, 3.63) is 87.5 Å². The van der Waals surface area contributed by atoms with Crippen molar-refractivity contribution in [2.45, 2.75) is 6.92 Å². The smallest absolute Gasteiger partial charge is 0.255 e. The molecule has 23 heavy (non-hydrogen) atoms. The highest BCUT2D eigenvalue weighted by Gasteiger charge is 2.07. The summed E-state index contributed by atoms with van der Waals surface area (Å²) >= 11 is 2.27. The van der Waals surface area contributed by atoms with E-state index >= 15 is 0 Å². The monoisotopic (exact) mass is 413 g/mol. The first kappa shape index (κ1) is 15.7. The molecule has 1 amide bonds. The molecule has 0 saturated carbocycles. The van der Waals surface area contributed by atoms with Gasteiger partial charge in [-0.05, 0) is 70.5 Å². The van der Waals surface area contributed by atoms with Gasteiger partial charge in [0.15, 0.2) is 0 Å². The molecule has 0 bridgehead atoms. The maximum absolute atomic E-state index is 12.3. The van der Waals surface area contributed by atoms with Gasteiger partial charge in [-0.25, -0.2) is 0 Å². The van der Waals surface area contributed by atoms with Crippen LogP contribution in [0.15, 0.2) is 72.8 Å². The molecule has 0 aliphatic heterocycles. The highest BCUT2D eigenvalue weighted by Crippen LogP contribution is 2.21. The number of aryl methyl sites for hydroxylation is 1. The van der Waals surface area contributed by atoms with Crippen LogP contribution >= 0.6 is 22.6 Å². The summed E-state index contributed by atoms with van der Waals surface area (Å²) in [6, 6.07) is 23.7. The van der Waals surface area contributed by atoms with Crippen LogP contribution in [0.25, 0.3) is 11.1 Å². The van der Waals surface area contributed by atoms with E-state index in [0.717, 1.165) is 20.4 Å². The Balaban J connectivity index is 1.76. The topological polar surface area (TPSA) is 29.1 Å². The molecule has 0 aliphatic carbocycles. The van der Waals surface area contributed by atoms with Crippen LogP contribution in [0.5, 0.6) is 0 Å². The van der Waals surface area contributed by atoms with E-state index in [2.05, 4.69) is 47.0 Å². The van der Waals surface area contributed by atoms with Crippen LogP contribution in [0.3, 0.4) is 0 Å². The number of amides is 1. The predicted molar refractivity (Wildman–Crippen MR) is 104 cm³/mol. The zero-order valence-corrected chi connectivity index (χ0v) is 14.9. The third-order valence-corrected chi connectivity index (χ3v) is 4.85. The molecule has 0 atom stereocenters. The molecule has 0 heterocycles. The second-order valence-electron chi connectivity index (χ2n) is 5.36. The maximum atomic E-state index is 12.3. The first-order chi connectivity index (χ1) is 11.1. The van der Waals surface area contributed by atoms with Crippen molar-refractivity contribution in [3.8, 4) is 11.1 Å². The molecular formula is C20H16INO. The second-order valence-corrected chi connectivity index (χ2v) is 6.52. The quantitative estimate of drug-likeness (QED) is 0.563. The molecule has 114 valence electrons. The number of halogens is 1. The van der Waals surface area contributed by atoms with E-state index in [1.54, 1.807) is 0 Å². The summed E-state index contributed by atoms with van der Waals surface area (Å²) in [5.74, 6) is -0.0933. The standard InChI is InChI=1S/C20H16INO/c1-14-7-12-18(13-19(14)21)22-20(23)17-10-8-16(9-11-17)15-5-3-2-4-6-15/h2-13H,1H3,(H,22,23). The molecule has 0 fully saturated rings. The fourth-order valence-corrected chi connectivity index (χ4v) is 2.83. The number of benzene rings is 3. The largest absolute Gasteiger partial charge is 0.322 e. The van der Waals surface area contributed by atoms with E-state index in [9.17, 15) is 4.79 Å². The molecule has 3 aromatic carbocycles. The predicted octanol–water partition coefficient (Wildman–Crippen LogP) is 5.52. The first-order valence-corrected chi connectivity index (χ1v) is 8.44. The lowest BCUT2D eigenvalue weighted by atomic mass is 10.0. The molecule has 0 aliphatic rings. The van der Waals surface area contributed by atoms with Crippen LogP contribution in [0.4, 0.5) is 5.69 Å². The van der Waals surface area contributed by atoms with Gasteiger partial charge < -0.3 is 5.32 Å². The van der Waals surface area contributed by atoms with E-state index < -0.39 is 0 Å². The minimum Gasteiger partial charge on any atom is -0.322 e. The Morgan fingerprint density at radius 3 is 2.17 bits per heavy atom. The third-order valence-electron chi connectivity index (χ3n) is 3.68. The Hall–Kier alpha value is -2.14. The summed E-state index contributed by atoms with van der Waals surface area (Å²) in [6.07, 6.45) is 0. The Morgan fingerprint density at radius 2 is 1.52 bits per heavy atom. The minimum atomic E-state index is -0.0933. The molecular weight excluding hydrogens is 397 g/mol. The Kier molecular flexibility index (Phi) is 4.76. The first-order valence-electron chi connectivity index (χ1n) is 7.36. The summed E-state index contributed by atoms with van der Waals surface area (Å²) in [7, 11) is 0. The van der Waals surface area contributed by atoms with Crippen molar-refractivity contribution in [2.24, 2.45) is 0 Å². The van der Waals surface area contributed by atoms with Gasteiger partial charge in [-0.3, -0.25) is 4.79 Å². The molecule has 0 unspecified atom stereocenters. The van der Waals surface area contributed by atoms with Gasteiger partial charge in [0.2, 0.25) is 0 Å². The number of carbonyl (C=O) groups excluding carboxylic acids is 1. The maximum Gasteiger partial charge on any atom is 0.255 e. The second kappa shape index (κ2) is 6.96. The molecule has 0 spiro atoms. The van der Waals surface area contributed by atoms with Crippen molar-refractivity contribution in [1.82, 2.24) is 0 Å². The van der Waals surface area contributed by atoms with Gasteiger partial charge >= 0.3 is 0 Å². The van der Waals surface area contributed by atoms with E-state index in [4.69, 9.17) is 0 Å². The van der Waals surface area contributed by atoms with E-state index in [-0.39, 0.29) is 5.91 Å². The molecule has 0 radical (unpaired) electrons. The SMILES string of the molecule is Cc1ccc(NC(=O)c2ccc(-c3ccccc3)cc2)cc1I.